The van der Waals surface area contributed by atoms with Gasteiger partial charge in [-0.15, -0.1) is 0 Å². The van der Waals surface area contributed by atoms with Crippen LogP contribution in [0, 0.1) is 0 Å². The Bertz CT molecular complexity index is 1400. The zero-order chi connectivity index (χ0) is 23.4. The van der Waals surface area contributed by atoms with Crippen molar-refractivity contribution in [3.8, 4) is 0 Å². The molecule has 4 aromatic rings. The Morgan fingerprint density at radius 3 is 2.61 bits per heavy atom. The van der Waals surface area contributed by atoms with Gasteiger partial charge >= 0.3 is 5.69 Å². The Hall–Kier alpha value is -3.63. The molecule has 0 aliphatic carbocycles. The summed E-state index contributed by atoms with van der Waals surface area (Å²) >= 11 is 1.48. The molecule has 9 nitrogen and oxygen atoms in total. The highest BCUT2D eigenvalue weighted by molar-refractivity contribution is 7.97. The van der Waals surface area contributed by atoms with Crippen molar-refractivity contribution in [2.75, 3.05) is 5.32 Å². The first-order valence-corrected chi connectivity index (χ1v) is 11.3. The normalized spacial score (nSPS) is 11.1. The van der Waals surface area contributed by atoms with Crippen molar-refractivity contribution in [1.82, 2.24) is 23.8 Å². The van der Waals surface area contributed by atoms with E-state index >= 15 is 0 Å². The third kappa shape index (κ3) is 5.24. The maximum atomic E-state index is 12.4. The van der Waals surface area contributed by atoms with E-state index in [1.54, 1.807) is 10.9 Å². The number of imidazole rings is 1. The Balaban J connectivity index is 1.41. The second kappa shape index (κ2) is 9.88. The average Bonchev–Trinajstić information content (AvgIpc) is 3.22. The van der Waals surface area contributed by atoms with E-state index in [4.69, 9.17) is 0 Å². The van der Waals surface area contributed by atoms with Gasteiger partial charge in [-0.2, -0.15) is 0 Å². The molecule has 0 saturated carbocycles. The summed E-state index contributed by atoms with van der Waals surface area (Å²) in [6.45, 7) is 4.94. The average molecular weight is 465 g/mol. The molecule has 0 aliphatic heterocycles. The molecule has 0 unspecified atom stereocenters. The number of nitrogens with zero attached hydrogens (tertiary/aromatic N) is 3. The minimum Gasteiger partial charge on any atom is -0.326 e. The minimum absolute atomic E-state index is 0.103. The molecule has 0 atom stereocenters. The van der Waals surface area contributed by atoms with E-state index in [0.29, 0.717) is 30.8 Å². The first-order chi connectivity index (χ1) is 15.9. The molecule has 2 aromatic carbocycles. The second-order valence-electron chi connectivity index (χ2n) is 7.50. The number of rotatable bonds is 8. The highest BCUT2D eigenvalue weighted by Gasteiger charge is 2.13. The number of hydrogen-bond acceptors (Lipinski definition) is 6. The number of anilines is 1. The molecular weight excluding hydrogens is 440 g/mol. The number of aromatic nitrogens is 4. The molecular formula is C23H24N6O3S. The number of fused-ring (bicyclic) bond motifs is 1. The van der Waals surface area contributed by atoms with Gasteiger partial charge in [0.25, 0.3) is 5.56 Å². The highest BCUT2D eigenvalue weighted by Crippen LogP contribution is 2.20. The van der Waals surface area contributed by atoms with Crippen molar-refractivity contribution >= 4 is 34.7 Å². The van der Waals surface area contributed by atoms with Gasteiger partial charge in [0.1, 0.15) is 0 Å². The van der Waals surface area contributed by atoms with Crippen molar-refractivity contribution in [2.24, 2.45) is 0 Å². The first-order valence-electron chi connectivity index (χ1n) is 10.5. The van der Waals surface area contributed by atoms with Crippen LogP contribution in [-0.2, 0) is 24.4 Å². The quantitative estimate of drug-likeness (QED) is 0.346. The summed E-state index contributed by atoms with van der Waals surface area (Å²) in [5, 5.41) is 2.77. The lowest BCUT2D eigenvalue weighted by molar-refractivity contribution is -0.114. The maximum absolute atomic E-state index is 12.4. The molecule has 2 aromatic heterocycles. The minimum atomic E-state index is -0.475. The van der Waals surface area contributed by atoms with Gasteiger partial charge in [-0.1, -0.05) is 30.3 Å². The van der Waals surface area contributed by atoms with Crippen LogP contribution < -0.4 is 21.3 Å². The number of nitrogens with one attached hydrogen (secondary N) is 3. The van der Waals surface area contributed by atoms with Crippen LogP contribution in [0.15, 0.2) is 69.3 Å². The van der Waals surface area contributed by atoms with Crippen molar-refractivity contribution in [3.05, 3.63) is 86.8 Å². The molecule has 0 saturated heterocycles. The lowest BCUT2D eigenvalue weighted by atomic mass is 10.1. The first kappa shape index (κ1) is 22.6. The van der Waals surface area contributed by atoms with E-state index in [9.17, 15) is 14.4 Å². The standard InChI is InChI=1S/C23H24N6O3S/c1-3-28-14-24-21-20(28)22(31)27-23(32)29(21)13-17-9-7-16(8-10-17)12-25-33-19-6-4-5-18(11-19)26-15(2)30/h4-11,14,25H,3,12-13H2,1-2H3,(H,26,30)(H,27,31,32). The van der Waals surface area contributed by atoms with Gasteiger partial charge < -0.3 is 9.88 Å². The fourth-order valence-electron chi connectivity index (χ4n) is 3.50. The highest BCUT2D eigenvalue weighted by atomic mass is 32.2. The summed E-state index contributed by atoms with van der Waals surface area (Å²) in [6, 6.07) is 15.5. The smallest absolute Gasteiger partial charge is 0.326 e. The van der Waals surface area contributed by atoms with Crippen LogP contribution in [0.5, 0.6) is 0 Å². The maximum Gasteiger partial charge on any atom is 0.330 e. The lowest BCUT2D eigenvalue weighted by Crippen LogP contribution is -2.31. The zero-order valence-electron chi connectivity index (χ0n) is 18.3. The third-order valence-corrected chi connectivity index (χ3v) is 5.86. The van der Waals surface area contributed by atoms with Gasteiger partial charge in [0.15, 0.2) is 11.2 Å². The molecule has 2 heterocycles. The van der Waals surface area contributed by atoms with Crippen molar-refractivity contribution in [3.63, 3.8) is 0 Å². The predicted molar refractivity (Wildman–Crippen MR) is 129 cm³/mol. The predicted octanol–water partition coefficient (Wildman–Crippen LogP) is 2.71. The molecule has 1 amide bonds. The fraction of sp³-hybridized carbons (Fsp3) is 0.217. The number of hydrogen-bond donors (Lipinski definition) is 3. The summed E-state index contributed by atoms with van der Waals surface area (Å²) in [6.07, 6.45) is 1.58. The second-order valence-corrected chi connectivity index (χ2v) is 8.46. The molecule has 0 aliphatic rings. The van der Waals surface area contributed by atoms with Crippen LogP contribution in [0.1, 0.15) is 25.0 Å². The van der Waals surface area contributed by atoms with Crippen LogP contribution in [-0.4, -0.2) is 25.0 Å². The van der Waals surface area contributed by atoms with Gasteiger partial charge in [0, 0.05) is 30.6 Å². The molecule has 0 radical (unpaired) electrons. The van der Waals surface area contributed by atoms with E-state index in [-0.39, 0.29) is 5.91 Å². The van der Waals surface area contributed by atoms with Crippen molar-refractivity contribution < 1.29 is 4.79 Å². The Morgan fingerprint density at radius 2 is 1.88 bits per heavy atom. The van der Waals surface area contributed by atoms with E-state index in [2.05, 4.69) is 20.0 Å². The van der Waals surface area contributed by atoms with E-state index in [1.165, 1.54) is 23.4 Å². The molecule has 4 rings (SSSR count). The molecule has 3 N–H and O–H groups in total. The molecule has 0 spiro atoms. The van der Waals surface area contributed by atoms with Gasteiger partial charge in [0.05, 0.1) is 12.9 Å². The molecule has 0 fully saturated rings. The van der Waals surface area contributed by atoms with Crippen LogP contribution in [0.3, 0.4) is 0 Å². The molecule has 33 heavy (non-hydrogen) atoms. The van der Waals surface area contributed by atoms with Crippen LogP contribution in [0.2, 0.25) is 0 Å². The summed E-state index contributed by atoms with van der Waals surface area (Å²) in [5.41, 5.74) is 2.65. The van der Waals surface area contributed by atoms with Crippen LogP contribution in [0.25, 0.3) is 11.2 Å². The summed E-state index contributed by atoms with van der Waals surface area (Å²) < 4.78 is 6.52. The fourth-order valence-corrected chi connectivity index (χ4v) is 4.23. The number of amides is 1. The van der Waals surface area contributed by atoms with Gasteiger partial charge in [-0.3, -0.25) is 23.9 Å². The molecule has 0 bridgehead atoms. The van der Waals surface area contributed by atoms with Crippen molar-refractivity contribution in [1.29, 1.82) is 0 Å². The van der Waals surface area contributed by atoms with Gasteiger partial charge in [0.2, 0.25) is 5.91 Å². The largest absolute Gasteiger partial charge is 0.330 e. The molecule has 170 valence electrons. The van der Waals surface area contributed by atoms with E-state index in [1.807, 2.05) is 55.5 Å². The number of carbonyl (C=O) groups excluding carboxylic acids is 1. The zero-order valence-corrected chi connectivity index (χ0v) is 19.1. The van der Waals surface area contributed by atoms with Crippen LogP contribution >= 0.6 is 11.9 Å². The Labute approximate surface area is 194 Å². The number of benzene rings is 2. The monoisotopic (exact) mass is 464 g/mol. The topological polar surface area (TPSA) is 114 Å². The van der Waals surface area contributed by atoms with E-state index in [0.717, 1.165) is 21.7 Å². The van der Waals surface area contributed by atoms with E-state index < -0.39 is 11.2 Å². The number of H-pyrrole nitrogens is 1. The lowest BCUT2D eigenvalue weighted by Gasteiger charge is -2.09. The van der Waals surface area contributed by atoms with Gasteiger partial charge in [-0.05, 0) is 48.2 Å². The van der Waals surface area contributed by atoms with Crippen molar-refractivity contribution in [2.45, 2.75) is 38.4 Å². The molecule has 10 heteroatoms. The number of aromatic amines is 1. The SMILES string of the molecule is CCn1cnc2c1c(=O)[nH]c(=O)n2Cc1ccc(CNSc2cccc(NC(C)=O)c2)cc1. The van der Waals surface area contributed by atoms with Gasteiger partial charge in [-0.25, -0.2) is 9.78 Å². The Morgan fingerprint density at radius 1 is 1.12 bits per heavy atom. The third-order valence-electron chi connectivity index (χ3n) is 5.08. The summed E-state index contributed by atoms with van der Waals surface area (Å²) in [4.78, 5) is 43.5. The summed E-state index contributed by atoms with van der Waals surface area (Å²) in [5.74, 6) is -0.103. The number of carbonyl (C=O) groups is 1. The Kier molecular flexibility index (Phi) is 6.76. The number of aryl methyl sites for hydroxylation is 1. The van der Waals surface area contributed by atoms with Crippen LogP contribution in [0.4, 0.5) is 5.69 Å². The summed E-state index contributed by atoms with van der Waals surface area (Å²) in [7, 11) is 0.